The minimum Gasteiger partial charge on any atom is -0.454 e. The maximum absolute atomic E-state index is 11.0. The number of amides is 1. The van der Waals surface area contributed by atoms with E-state index in [0.29, 0.717) is 18.2 Å². The van der Waals surface area contributed by atoms with E-state index in [2.05, 4.69) is 29.5 Å². The Bertz CT molecular complexity index is 472. The van der Waals surface area contributed by atoms with Gasteiger partial charge in [-0.2, -0.15) is 0 Å². The van der Waals surface area contributed by atoms with Gasteiger partial charge >= 0.3 is 0 Å². The van der Waals surface area contributed by atoms with Gasteiger partial charge in [-0.15, -0.1) is 24.0 Å². The molecule has 0 saturated carbocycles. The number of primary amides is 1. The number of nitrogens with zero attached hydrogens (tertiary/aromatic N) is 1. The number of nitrogens with two attached hydrogens (primary N) is 1. The fourth-order valence-electron chi connectivity index (χ4n) is 1.81. The van der Waals surface area contributed by atoms with Crippen LogP contribution in [0.25, 0.3) is 0 Å². The second kappa shape index (κ2) is 11.3. The van der Waals surface area contributed by atoms with Crippen LogP contribution in [0.5, 0.6) is 0 Å². The van der Waals surface area contributed by atoms with Crippen molar-refractivity contribution in [1.82, 2.24) is 10.6 Å². The van der Waals surface area contributed by atoms with Gasteiger partial charge in [0.15, 0.2) is 11.7 Å². The molecule has 0 bridgehead atoms. The highest BCUT2D eigenvalue weighted by Crippen LogP contribution is 2.08. The van der Waals surface area contributed by atoms with Crippen LogP contribution in [0.3, 0.4) is 0 Å². The van der Waals surface area contributed by atoms with Crippen LogP contribution < -0.4 is 16.4 Å². The summed E-state index contributed by atoms with van der Waals surface area (Å²) in [6.45, 7) is 8.49. The van der Waals surface area contributed by atoms with Gasteiger partial charge in [0.25, 0.3) is 5.91 Å². The Morgan fingerprint density at radius 2 is 2.09 bits per heavy atom. The molecule has 0 aliphatic rings. The van der Waals surface area contributed by atoms with Gasteiger partial charge in [0.05, 0.1) is 0 Å². The molecule has 6 nitrogen and oxygen atoms in total. The topological polar surface area (TPSA) is 92.6 Å². The van der Waals surface area contributed by atoms with E-state index in [9.17, 15) is 4.79 Å². The molecule has 1 amide bonds. The van der Waals surface area contributed by atoms with Crippen LogP contribution in [0, 0.1) is 5.92 Å². The molecule has 0 aliphatic carbocycles. The van der Waals surface area contributed by atoms with Crippen molar-refractivity contribution >= 4 is 35.8 Å². The number of carbonyl (C=O) groups excluding carboxylic acids is 1. The maximum Gasteiger partial charge on any atom is 0.284 e. The molecule has 0 unspecified atom stereocenters. The number of carbonyl (C=O) groups is 1. The summed E-state index contributed by atoms with van der Waals surface area (Å²) in [6.07, 6.45) is 2.29. The molecule has 126 valence electrons. The summed E-state index contributed by atoms with van der Waals surface area (Å²) >= 11 is 0. The molecule has 7 heteroatoms. The second-order valence-corrected chi connectivity index (χ2v) is 5.29. The van der Waals surface area contributed by atoms with Crippen molar-refractivity contribution in [3.8, 4) is 0 Å². The Balaban J connectivity index is 0.00000441. The van der Waals surface area contributed by atoms with Crippen LogP contribution in [0.2, 0.25) is 0 Å². The summed E-state index contributed by atoms with van der Waals surface area (Å²) < 4.78 is 5.29. The highest BCUT2D eigenvalue weighted by molar-refractivity contribution is 14.0. The number of nitrogens with one attached hydrogen (secondary N) is 2. The summed E-state index contributed by atoms with van der Waals surface area (Å²) in [5.41, 5.74) is 5.14. The quantitative estimate of drug-likeness (QED) is 0.260. The number of hydrogen-bond donors (Lipinski definition) is 3. The fraction of sp³-hybridized carbons (Fsp3) is 0.600. The molecular formula is C15H27IN4O2. The van der Waals surface area contributed by atoms with E-state index in [4.69, 9.17) is 10.2 Å². The van der Waals surface area contributed by atoms with Crippen molar-refractivity contribution in [2.24, 2.45) is 16.6 Å². The van der Waals surface area contributed by atoms with Crippen LogP contribution in [0.4, 0.5) is 0 Å². The van der Waals surface area contributed by atoms with Crippen molar-refractivity contribution in [2.75, 3.05) is 13.1 Å². The first-order valence-electron chi connectivity index (χ1n) is 7.43. The van der Waals surface area contributed by atoms with Gasteiger partial charge in [-0.3, -0.25) is 4.79 Å². The number of halogens is 1. The number of guanidine groups is 1. The first-order chi connectivity index (χ1) is 10.0. The number of rotatable bonds is 8. The van der Waals surface area contributed by atoms with Gasteiger partial charge in [-0.1, -0.05) is 13.8 Å². The monoisotopic (exact) mass is 422 g/mol. The van der Waals surface area contributed by atoms with E-state index in [0.717, 1.165) is 25.5 Å². The van der Waals surface area contributed by atoms with Crippen molar-refractivity contribution in [3.63, 3.8) is 0 Å². The molecule has 0 saturated heterocycles. The Hall–Kier alpha value is -1.25. The predicted octanol–water partition coefficient (Wildman–Crippen LogP) is 2.49. The van der Waals surface area contributed by atoms with Crippen LogP contribution in [0.1, 0.15) is 49.9 Å². The maximum atomic E-state index is 11.0. The summed E-state index contributed by atoms with van der Waals surface area (Å²) in [6, 6.07) is 3.28. The molecule has 1 aromatic heterocycles. The zero-order valence-corrected chi connectivity index (χ0v) is 15.8. The molecule has 22 heavy (non-hydrogen) atoms. The summed E-state index contributed by atoms with van der Waals surface area (Å²) in [5, 5.41) is 6.46. The normalized spacial score (nSPS) is 11.2. The molecule has 4 N–H and O–H groups in total. The zero-order chi connectivity index (χ0) is 15.7. The molecular weight excluding hydrogens is 395 g/mol. The lowest BCUT2D eigenvalue weighted by molar-refractivity contribution is 0.0972. The number of hydrogen-bond acceptors (Lipinski definition) is 3. The molecule has 0 atom stereocenters. The molecule has 0 fully saturated rings. The lowest BCUT2D eigenvalue weighted by Gasteiger charge is -2.11. The summed E-state index contributed by atoms with van der Waals surface area (Å²) in [7, 11) is 0. The van der Waals surface area contributed by atoms with Gasteiger partial charge in [-0.05, 0) is 37.8 Å². The molecule has 1 heterocycles. The molecule has 1 aromatic rings. The van der Waals surface area contributed by atoms with E-state index in [1.54, 1.807) is 12.1 Å². The fourth-order valence-corrected chi connectivity index (χ4v) is 1.81. The van der Waals surface area contributed by atoms with Crippen molar-refractivity contribution < 1.29 is 9.21 Å². The first-order valence-corrected chi connectivity index (χ1v) is 7.43. The molecule has 0 aromatic carbocycles. The molecule has 1 rings (SSSR count). The first kappa shape index (κ1) is 20.8. The smallest absolute Gasteiger partial charge is 0.284 e. The lowest BCUT2D eigenvalue weighted by atomic mass is 10.1. The zero-order valence-electron chi connectivity index (χ0n) is 13.5. The third kappa shape index (κ3) is 8.26. The highest BCUT2D eigenvalue weighted by Gasteiger charge is 2.06. The third-order valence-corrected chi connectivity index (χ3v) is 2.89. The van der Waals surface area contributed by atoms with Crippen LogP contribution in [-0.2, 0) is 6.54 Å². The average molecular weight is 422 g/mol. The van der Waals surface area contributed by atoms with Crippen LogP contribution in [0.15, 0.2) is 21.5 Å². The van der Waals surface area contributed by atoms with Crippen LogP contribution >= 0.6 is 24.0 Å². The largest absolute Gasteiger partial charge is 0.454 e. The van der Waals surface area contributed by atoms with E-state index in [1.807, 2.05) is 6.92 Å². The SMILES string of the molecule is CCNC(=NCc1ccc(C(N)=O)o1)NCCCC(C)C.I. The van der Waals surface area contributed by atoms with E-state index in [1.165, 1.54) is 6.42 Å². The van der Waals surface area contributed by atoms with Crippen molar-refractivity contribution in [2.45, 2.75) is 40.2 Å². The van der Waals surface area contributed by atoms with E-state index in [-0.39, 0.29) is 29.7 Å². The van der Waals surface area contributed by atoms with Gasteiger partial charge in [0, 0.05) is 13.1 Å². The summed E-state index contributed by atoms with van der Waals surface area (Å²) in [4.78, 5) is 15.4. The second-order valence-electron chi connectivity index (χ2n) is 5.29. The van der Waals surface area contributed by atoms with Crippen molar-refractivity contribution in [1.29, 1.82) is 0 Å². The average Bonchev–Trinajstić information content (AvgIpc) is 2.89. The minimum absolute atomic E-state index is 0. The predicted molar refractivity (Wildman–Crippen MR) is 99.5 cm³/mol. The van der Waals surface area contributed by atoms with Gasteiger partial charge in [0.1, 0.15) is 12.3 Å². The lowest BCUT2D eigenvalue weighted by Crippen LogP contribution is -2.37. The van der Waals surface area contributed by atoms with Gasteiger partial charge in [-0.25, -0.2) is 4.99 Å². The van der Waals surface area contributed by atoms with Gasteiger partial charge in [0.2, 0.25) is 0 Å². The standard InChI is InChI=1S/C15H26N4O2.HI/c1-4-17-15(18-9-5-6-11(2)3)19-10-12-7-8-13(21-12)14(16)20;/h7-8,11H,4-6,9-10H2,1-3H3,(H2,16,20)(H2,17,18,19);1H. The minimum atomic E-state index is -0.566. The highest BCUT2D eigenvalue weighted by atomic mass is 127. The summed E-state index contributed by atoms with van der Waals surface area (Å²) in [5.74, 6) is 1.67. The molecule has 0 spiro atoms. The van der Waals surface area contributed by atoms with Gasteiger partial charge < -0.3 is 20.8 Å². The van der Waals surface area contributed by atoms with Crippen LogP contribution in [-0.4, -0.2) is 25.0 Å². The van der Waals surface area contributed by atoms with Crippen molar-refractivity contribution in [3.05, 3.63) is 23.7 Å². The molecule has 0 radical (unpaired) electrons. The van der Waals surface area contributed by atoms with E-state index < -0.39 is 5.91 Å². The van der Waals surface area contributed by atoms with E-state index >= 15 is 0 Å². The Morgan fingerprint density at radius 3 is 2.64 bits per heavy atom. The Labute approximate surface area is 149 Å². The molecule has 0 aliphatic heterocycles. The number of furan rings is 1. The third-order valence-electron chi connectivity index (χ3n) is 2.89. The number of aliphatic imine (C=N–C) groups is 1. The Kier molecular flexibility index (Phi) is 10.7. The Morgan fingerprint density at radius 1 is 1.36 bits per heavy atom.